The van der Waals surface area contributed by atoms with E-state index >= 15 is 0 Å². The van der Waals surface area contributed by atoms with Crippen LogP contribution >= 0.6 is 0 Å². The average molecular weight is 269 g/mol. The van der Waals surface area contributed by atoms with Crippen LogP contribution in [0.15, 0.2) is 39.9 Å². The van der Waals surface area contributed by atoms with Crippen LogP contribution in [-0.4, -0.2) is 14.5 Å². The van der Waals surface area contributed by atoms with Gasteiger partial charge in [-0.1, -0.05) is 25.1 Å². The second-order valence-corrected chi connectivity index (χ2v) is 4.94. The molecule has 1 N–H and O–H groups in total. The summed E-state index contributed by atoms with van der Waals surface area (Å²) in [6.45, 7) is 3.80. The normalized spacial score (nSPS) is 12.9. The van der Waals surface area contributed by atoms with E-state index in [1.165, 1.54) is 4.57 Å². The summed E-state index contributed by atoms with van der Waals surface area (Å²) >= 11 is 0. The second kappa shape index (κ2) is 4.59. The highest BCUT2D eigenvalue weighted by Gasteiger charge is 2.13. The molecule has 0 aliphatic rings. The largest absolute Gasteiger partial charge is 0.330 e. The third-order valence-corrected chi connectivity index (χ3v) is 3.65. The fourth-order valence-corrected chi connectivity index (χ4v) is 2.34. The van der Waals surface area contributed by atoms with Crippen LogP contribution in [0.4, 0.5) is 0 Å². The van der Waals surface area contributed by atoms with E-state index in [2.05, 4.69) is 9.97 Å². The van der Waals surface area contributed by atoms with Crippen LogP contribution in [-0.2, 0) is 0 Å². The number of fused-ring (bicyclic) bond motifs is 2. The van der Waals surface area contributed by atoms with Crippen molar-refractivity contribution in [2.75, 3.05) is 0 Å². The summed E-state index contributed by atoms with van der Waals surface area (Å²) < 4.78 is 1.26. The van der Waals surface area contributed by atoms with Crippen molar-refractivity contribution in [3.05, 3.63) is 51.2 Å². The zero-order valence-electron chi connectivity index (χ0n) is 11.4. The molecule has 1 aromatic carbocycles. The molecular formula is C15H15N3O2. The van der Waals surface area contributed by atoms with E-state index < -0.39 is 5.69 Å². The van der Waals surface area contributed by atoms with Gasteiger partial charge in [0, 0.05) is 11.4 Å². The van der Waals surface area contributed by atoms with Gasteiger partial charge in [0.1, 0.15) is 5.65 Å². The van der Waals surface area contributed by atoms with Crippen molar-refractivity contribution in [1.29, 1.82) is 0 Å². The van der Waals surface area contributed by atoms with Crippen molar-refractivity contribution in [2.45, 2.75) is 26.3 Å². The van der Waals surface area contributed by atoms with Gasteiger partial charge >= 0.3 is 5.69 Å². The maximum Gasteiger partial charge on any atom is 0.330 e. The second-order valence-electron chi connectivity index (χ2n) is 4.94. The van der Waals surface area contributed by atoms with Crippen LogP contribution in [0.3, 0.4) is 0 Å². The molecule has 0 fully saturated rings. The molecule has 2 heterocycles. The number of aromatic nitrogens is 3. The van der Waals surface area contributed by atoms with E-state index in [4.69, 9.17) is 0 Å². The van der Waals surface area contributed by atoms with Gasteiger partial charge in [-0.15, -0.1) is 0 Å². The Balaban J connectivity index is 2.45. The number of rotatable bonds is 2. The van der Waals surface area contributed by atoms with Crippen LogP contribution in [0.2, 0.25) is 0 Å². The molecule has 1 unspecified atom stereocenters. The Morgan fingerprint density at radius 2 is 2.05 bits per heavy atom. The molecule has 5 nitrogen and oxygen atoms in total. The zero-order chi connectivity index (χ0) is 14.3. The van der Waals surface area contributed by atoms with Gasteiger partial charge in [0.25, 0.3) is 5.56 Å². The predicted molar refractivity (Wildman–Crippen MR) is 79.1 cm³/mol. The lowest BCUT2D eigenvalue weighted by molar-refractivity contribution is 0.494. The Bertz CT molecular complexity index is 908. The highest BCUT2D eigenvalue weighted by Crippen LogP contribution is 2.15. The number of pyridine rings is 1. The standard InChI is InChI=1S/C15H15N3O2/c1-3-9(2)18-14(19)11-8-10-6-4-5-7-12(10)16-13(11)17-15(18)20/h4-9H,3H2,1-2H3,(H,16,17,20). The summed E-state index contributed by atoms with van der Waals surface area (Å²) in [6.07, 6.45) is 0.718. The molecular weight excluding hydrogens is 254 g/mol. The smallest absolute Gasteiger partial charge is 0.291 e. The minimum absolute atomic E-state index is 0.137. The van der Waals surface area contributed by atoms with Crippen molar-refractivity contribution >= 4 is 21.9 Å². The molecule has 0 aliphatic heterocycles. The third-order valence-electron chi connectivity index (χ3n) is 3.65. The van der Waals surface area contributed by atoms with Crippen LogP contribution < -0.4 is 11.2 Å². The predicted octanol–water partition coefficient (Wildman–Crippen LogP) is 2.21. The number of hydrogen-bond acceptors (Lipinski definition) is 3. The first kappa shape index (κ1) is 12.6. The summed E-state index contributed by atoms with van der Waals surface area (Å²) in [4.78, 5) is 31.6. The molecule has 0 radical (unpaired) electrons. The van der Waals surface area contributed by atoms with Gasteiger partial charge in [-0.3, -0.25) is 14.3 Å². The Morgan fingerprint density at radius 1 is 1.30 bits per heavy atom. The molecule has 3 aromatic rings. The van der Waals surface area contributed by atoms with E-state index in [1.807, 2.05) is 38.1 Å². The van der Waals surface area contributed by atoms with Crippen molar-refractivity contribution in [1.82, 2.24) is 14.5 Å². The summed E-state index contributed by atoms with van der Waals surface area (Å²) in [7, 11) is 0. The van der Waals surface area contributed by atoms with Crippen LogP contribution in [0.1, 0.15) is 26.3 Å². The van der Waals surface area contributed by atoms with E-state index in [0.29, 0.717) is 11.0 Å². The molecule has 3 rings (SSSR count). The average Bonchev–Trinajstić information content (AvgIpc) is 2.45. The first-order valence-corrected chi connectivity index (χ1v) is 6.66. The number of benzene rings is 1. The van der Waals surface area contributed by atoms with Gasteiger partial charge in [0.05, 0.1) is 10.9 Å². The number of nitrogens with zero attached hydrogens (tertiary/aromatic N) is 2. The van der Waals surface area contributed by atoms with Gasteiger partial charge in [-0.2, -0.15) is 0 Å². The topological polar surface area (TPSA) is 67.8 Å². The lowest BCUT2D eigenvalue weighted by atomic mass is 10.2. The van der Waals surface area contributed by atoms with Gasteiger partial charge in [0.2, 0.25) is 0 Å². The molecule has 0 spiro atoms. The molecule has 1 atom stereocenters. The molecule has 0 bridgehead atoms. The highest BCUT2D eigenvalue weighted by molar-refractivity contribution is 5.90. The Labute approximate surface area is 114 Å². The van der Waals surface area contributed by atoms with Crippen molar-refractivity contribution in [2.24, 2.45) is 0 Å². The maximum atomic E-state index is 12.5. The van der Waals surface area contributed by atoms with E-state index in [1.54, 1.807) is 6.07 Å². The first-order valence-electron chi connectivity index (χ1n) is 6.66. The number of hydrogen-bond donors (Lipinski definition) is 1. The Morgan fingerprint density at radius 3 is 2.80 bits per heavy atom. The Hall–Kier alpha value is -2.43. The van der Waals surface area contributed by atoms with Crippen LogP contribution in [0.25, 0.3) is 21.9 Å². The van der Waals surface area contributed by atoms with Crippen LogP contribution in [0, 0.1) is 0 Å². The van der Waals surface area contributed by atoms with Crippen LogP contribution in [0.5, 0.6) is 0 Å². The highest BCUT2D eigenvalue weighted by atomic mass is 16.2. The number of aromatic amines is 1. The summed E-state index contributed by atoms with van der Waals surface area (Å²) in [6, 6.07) is 9.18. The monoisotopic (exact) mass is 269 g/mol. The number of para-hydroxylation sites is 1. The minimum atomic E-state index is -0.403. The molecule has 0 saturated carbocycles. The molecule has 0 saturated heterocycles. The van der Waals surface area contributed by atoms with Gasteiger partial charge < -0.3 is 0 Å². The van der Waals surface area contributed by atoms with Gasteiger partial charge in [-0.05, 0) is 25.5 Å². The SMILES string of the molecule is CCC(C)n1c(=O)[nH]c2nc3ccccc3cc2c1=O. The summed E-state index contributed by atoms with van der Waals surface area (Å²) in [5.41, 5.74) is 0.422. The van der Waals surface area contributed by atoms with E-state index in [9.17, 15) is 9.59 Å². The van der Waals surface area contributed by atoms with Crippen molar-refractivity contribution < 1.29 is 0 Å². The number of H-pyrrole nitrogens is 1. The van der Waals surface area contributed by atoms with Gasteiger partial charge in [-0.25, -0.2) is 9.78 Å². The quantitative estimate of drug-likeness (QED) is 0.725. The Kier molecular flexibility index (Phi) is 2.89. The fraction of sp³-hybridized carbons (Fsp3) is 0.267. The summed E-state index contributed by atoms with van der Waals surface area (Å²) in [5, 5.41) is 1.34. The molecule has 0 aliphatic carbocycles. The minimum Gasteiger partial charge on any atom is -0.291 e. The molecule has 0 amide bonds. The van der Waals surface area contributed by atoms with Crippen molar-refractivity contribution in [3.63, 3.8) is 0 Å². The molecule has 5 heteroatoms. The lowest BCUT2D eigenvalue weighted by Crippen LogP contribution is -2.37. The van der Waals surface area contributed by atoms with Crippen molar-refractivity contribution in [3.8, 4) is 0 Å². The van der Waals surface area contributed by atoms with E-state index in [0.717, 1.165) is 17.3 Å². The lowest BCUT2D eigenvalue weighted by Gasteiger charge is -2.12. The molecule has 20 heavy (non-hydrogen) atoms. The van der Waals surface area contributed by atoms with Gasteiger partial charge in [0.15, 0.2) is 0 Å². The van der Waals surface area contributed by atoms with E-state index in [-0.39, 0.29) is 11.6 Å². The zero-order valence-corrected chi connectivity index (χ0v) is 11.4. The maximum absolute atomic E-state index is 12.5. The molecule has 102 valence electrons. The first-order chi connectivity index (χ1) is 9.61. The fourth-order valence-electron chi connectivity index (χ4n) is 2.34. The molecule has 2 aromatic heterocycles. The summed E-state index contributed by atoms with van der Waals surface area (Å²) in [5.74, 6) is 0. The third kappa shape index (κ3) is 1.82. The number of nitrogens with one attached hydrogen (secondary N) is 1.